The van der Waals surface area contributed by atoms with Gasteiger partial charge in [0.15, 0.2) is 0 Å². The second kappa shape index (κ2) is 4.30. The van der Waals surface area contributed by atoms with Crippen LogP contribution in [0.3, 0.4) is 0 Å². The van der Waals surface area contributed by atoms with Gasteiger partial charge >= 0.3 is 5.97 Å². The molecule has 0 aromatic rings. The summed E-state index contributed by atoms with van der Waals surface area (Å²) in [5.74, 6) is 0.0159. The average molecular weight is 199 g/mol. The monoisotopic (exact) mass is 199 g/mol. The van der Waals surface area contributed by atoms with Gasteiger partial charge in [0.2, 0.25) is 0 Å². The van der Waals surface area contributed by atoms with Crippen LogP contribution >= 0.6 is 0 Å². The van der Waals surface area contributed by atoms with Crippen LogP contribution in [0.1, 0.15) is 46.5 Å². The van der Waals surface area contributed by atoms with Crippen molar-refractivity contribution in [3.05, 3.63) is 0 Å². The molecule has 1 aliphatic carbocycles. The summed E-state index contributed by atoms with van der Waals surface area (Å²) in [5, 5.41) is 0. The van der Waals surface area contributed by atoms with Gasteiger partial charge in [0.05, 0.1) is 6.10 Å². The summed E-state index contributed by atoms with van der Waals surface area (Å²) in [6, 6.07) is 0. The Morgan fingerprint density at radius 2 is 2.14 bits per heavy atom. The third kappa shape index (κ3) is 2.27. The fourth-order valence-electron chi connectivity index (χ4n) is 2.00. The molecule has 1 aliphatic rings. The minimum atomic E-state index is -0.734. The highest BCUT2D eigenvalue weighted by atomic mass is 16.5. The first-order chi connectivity index (χ1) is 6.47. The smallest absolute Gasteiger partial charge is 0.326 e. The summed E-state index contributed by atoms with van der Waals surface area (Å²) in [6.45, 7) is 5.75. The summed E-state index contributed by atoms with van der Waals surface area (Å²) in [5.41, 5.74) is 5.39. The normalized spacial score (nSPS) is 33.1. The second-order valence-electron chi connectivity index (χ2n) is 4.64. The van der Waals surface area contributed by atoms with Crippen LogP contribution in [0.25, 0.3) is 0 Å². The standard InChI is InChI=1S/C11H21NO2/c1-8(2)14-10(13)11(12)7-5-4-6-9(11)3/h8-9H,4-7,12H2,1-3H3/t9-,11+/m0/s1. The molecule has 0 spiro atoms. The molecule has 0 bridgehead atoms. The molecule has 0 aliphatic heterocycles. The van der Waals surface area contributed by atoms with Gasteiger partial charge < -0.3 is 10.5 Å². The molecule has 82 valence electrons. The number of hydrogen-bond acceptors (Lipinski definition) is 3. The number of carbonyl (C=O) groups excluding carboxylic acids is 1. The van der Waals surface area contributed by atoms with Gasteiger partial charge in [-0.25, -0.2) is 0 Å². The molecule has 0 aromatic carbocycles. The largest absolute Gasteiger partial charge is 0.462 e. The number of nitrogens with two attached hydrogens (primary N) is 1. The fraction of sp³-hybridized carbons (Fsp3) is 0.909. The minimum Gasteiger partial charge on any atom is -0.462 e. The molecule has 1 saturated carbocycles. The molecule has 0 unspecified atom stereocenters. The number of hydrogen-bond donors (Lipinski definition) is 1. The number of esters is 1. The first-order valence-corrected chi connectivity index (χ1v) is 5.47. The predicted molar refractivity (Wildman–Crippen MR) is 55.8 cm³/mol. The zero-order chi connectivity index (χ0) is 10.8. The lowest BCUT2D eigenvalue weighted by atomic mass is 9.74. The topological polar surface area (TPSA) is 52.3 Å². The quantitative estimate of drug-likeness (QED) is 0.690. The van der Waals surface area contributed by atoms with Crippen LogP contribution in [0.15, 0.2) is 0 Å². The van der Waals surface area contributed by atoms with Gasteiger partial charge in [0.25, 0.3) is 0 Å². The third-order valence-electron chi connectivity index (χ3n) is 3.08. The Morgan fingerprint density at radius 1 is 1.50 bits per heavy atom. The van der Waals surface area contributed by atoms with E-state index in [4.69, 9.17) is 10.5 Å². The van der Waals surface area contributed by atoms with Gasteiger partial charge in [-0.2, -0.15) is 0 Å². The molecule has 0 radical (unpaired) electrons. The zero-order valence-electron chi connectivity index (χ0n) is 9.38. The molecule has 0 saturated heterocycles. The highest BCUT2D eigenvalue weighted by Gasteiger charge is 2.42. The maximum absolute atomic E-state index is 11.8. The summed E-state index contributed by atoms with van der Waals surface area (Å²) in [7, 11) is 0. The average Bonchev–Trinajstić information content (AvgIpc) is 2.09. The van der Waals surface area contributed by atoms with Gasteiger partial charge in [-0.1, -0.05) is 19.8 Å². The Kier molecular flexibility index (Phi) is 3.53. The van der Waals surface area contributed by atoms with Gasteiger partial charge in [0, 0.05) is 0 Å². The van der Waals surface area contributed by atoms with E-state index in [0.717, 1.165) is 19.3 Å². The van der Waals surface area contributed by atoms with E-state index in [9.17, 15) is 4.79 Å². The maximum Gasteiger partial charge on any atom is 0.326 e. The molecule has 1 rings (SSSR count). The summed E-state index contributed by atoms with van der Waals surface area (Å²) < 4.78 is 5.20. The Balaban J connectivity index is 2.66. The van der Waals surface area contributed by atoms with E-state index >= 15 is 0 Å². The molecule has 2 atom stereocenters. The summed E-state index contributed by atoms with van der Waals surface area (Å²) in [4.78, 5) is 11.8. The molecule has 1 fully saturated rings. The van der Waals surface area contributed by atoms with Crippen LogP contribution in [0.2, 0.25) is 0 Å². The molecular formula is C11H21NO2. The van der Waals surface area contributed by atoms with E-state index < -0.39 is 5.54 Å². The molecule has 0 heterocycles. The van der Waals surface area contributed by atoms with Crippen molar-refractivity contribution in [2.45, 2.75) is 58.1 Å². The predicted octanol–water partition coefficient (Wildman–Crippen LogP) is 1.85. The van der Waals surface area contributed by atoms with E-state index in [1.165, 1.54) is 6.42 Å². The van der Waals surface area contributed by atoms with Crippen LogP contribution in [0.5, 0.6) is 0 Å². The molecule has 14 heavy (non-hydrogen) atoms. The SMILES string of the molecule is CC(C)OC(=O)[C@@]1(N)CCCC[C@@H]1C. The van der Waals surface area contributed by atoms with Gasteiger partial charge in [-0.05, 0) is 32.6 Å². The Bertz CT molecular complexity index is 215. The third-order valence-corrected chi connectivity index (χ3v) is 3.08. The molecule has 3 heteroatoms. The van der Waals surface area contributed by atoms with Crippen molar-refractivity contribution >= 4 is 5.97 Å². The van der Waals surface area contributed by atoms with Crippen molar-refractivity contribution < 1.29 is 9.53 Å². The van der Waals surface area contributed by atoms with Crippen LogP contribution in [0, 0.1) is 5.92 Å². The Hall–Kier alpha value is -0.570. The summed E-state index contributed by atoms with van der Waals surface area (Å²) >= 11 is 0. The van der Waals surface area contributed by atoms with Crippen LogP contribution < -0.4 is 5.73 Å². The lowest BCUT2D eigenvalue weighted by Gasteiger charge is -2.37. The van der Waals surface area contributed by atoms with Crippen molar-refractivity contribution in [3.8, 4) is 0 Å². The fourth-order valence-corrected chi connectivity index (χ4v) is 2.00. The first kappa shape index (κ1) is 11.5. The molecule has 2 N–H and O–H groups in total. The second-order valence-corrected chi connectivity index (χ2v) is 4.64. The highest BCUT2D eigenvalue weighted by Crippen LogP contribution is 2.32. The lowest BCUT2D eigenvalue weighted by Crippen LogP contribution is -2.56. The highest BCUT2D eigenvalue weighted by molar-refractivity contribution is 5.81. The van der Waals surface area contributed by atoms with Crippen molar-refractivity contribution in [3.63, 3.8) is 0 Å². The van der Waals surface area contributed by atoms with Crippen molar-refractivity contribution in [2.24, 2.45) is 11.7 Å². The van der Waals surface area contributed by atoms with E-state index in [2.05, 4.69) is 0 Å². The molecule has 0 aromatic heterocycles. The molecular weight excluding hydrogens is 178 g/mol. The van der Waals surface area contributed by atoms with Gasteiger partial charge in [-0.3, -0.25) is 4.79 Å². The molecule has 0 amide bonds. The number of rotatable bonds is 2. The minimum absolute atomic E-state index is 0.0722. The van der Waals surface area contributed by atoms with E-state index in [-0.39, 0.29) is 18.0 Å². The first-order valence-electron chi connectivity index (χ1n) is 5.47. The summed E-state index contributed by atoms with van der Waals surface area (Å²) in [6.07, 6.45) is 3.93. The van der Waals surface area contributed by atoms with E-state index in [0.29, 0.717) is 0 Å². The number of ether oxygens (including phenoxy) is 1. The van der Waals surface area contributed by atoms with Crippen molar-refractivity contribution in [1.29, 1.82) is 0 Å². The van der Waals surface area contributed by atoms with E-state index in [1.54, 1.807) is 0 Å². The Labute approximate surface area is 86.0 Å². The van der Waals surface area contributed by atoms with Gasteiger partial charge in [-0.15, -0.1) is 0 Å². The Morgan fingerprint density at radius 3 is 2.64 bits per heavy atom. The van der Waals surface area contributed by atoms with Crippen LogP contribution in [-0.4, -0.2) is 17.6 Å². The maximum atomic E-state index is 11.8. The van der Waals surface area contributed by atoms with Gasteiger partial charge in [0.1, 0.15) is 5.54 Å². The molecule has 3 nitrogen and oxygen atoms in total. The van der Waals surface area contributed by atoms with Crippen molar-refractivity contribution in [1.82, 2.24) is 0 Å². The lowest BCUT2D eigenvalue weighted by molar-refractivity contribution is -0.157. The van der Waals surface area contributed by atoms with Crippen LogP contribution in [0.4, 0.5) is 0 Å². The number of carbonyl (C=O) groups is 1. The zero-order valence-corrected chi connectivity index (χ0v) is 9.38. The van der Waals surface area contributed by atoms with E-state index in [1.807, 2.05) is 20.8 Å². The van der Waals surface area contributed by atoms with Crippen molar-refractivity contribution in [2.75, 3.05) is 0 Å². The van der Waals surface area contributed by atoms with Crippen LogP contribution in [-0.2, 0) is 9.53 Å².